The minimum Gasteiger partial charge on any atom is -0.394 e. The van der Waals surface area contributed by atoms with Crippen LogP contribution in [-0.4, -0.2) is 117 Å². The van der Waals surface area contributed by atoms with E-state index in [1.165, 1.54) is 7.11 Å². The predicted molar refractivity (Wildman–Crippen MR) is 73.4 cm³/mol. The number of aliphatic hydroxyl groups is 7. The Kier molecular flexibility index (Phi) is 6.50. The first-order valence-electron chi connectivity index (χ1n) is 7.43. The first-order chi connectivity index (χ1) is 11.3. The Labute approximate surface area is 137 Å². The number of aliphatic hydroxyl groups excluding tert-OH is 7. The largest absolute Gasteiger partial charge is 0.394 e. The molecule has 11 nitrogen and oxygen atoms in total. The van der Waals surface area contributed by atoms with Gasteiger partial charge in [-0.3, -0.25) is 0 Å². The molecule has 2 aliphatic rings. The summed E-state index contributed by atoms with van der Waals surface area (Å²) in [7, 11) is 1.18. The lowest BCUT2D eigenvalue weighted by atomic mass is 9.96. The second-order valence-electron chi connectivity index (χ2n) is 5.80. The number of methoxy groups -OCH3 is 1. The van der Waals surface area contributed by atoms with Gasteiger partial charge in [0.05, 0.1) is 13.2 Å². The van der Waals surface area contributed by atoms with Crippen molar-refractivity contribution in [1.82, 2.24) is 0 Å². The first-order valence-corrected chi connectivity index (χ1v) is 7.43. The smallest absolute Gasteiger partial charge is 0.221 e. The molecule has 24 heavy (non-hydrogen) atoms. The maximum absolute atomic E-state index is 10.3. The topological polar surface area (TPSA) is 179 Å². The van der Waals surface area contributed by atoms with E-state index in [-0.39, 0.29) is 6.61 Å². The molecule has 0 unspecified atom stereocenters. The van der Waals surface area contributed by atoms with Gasteiger partial charge >= 0.3 is 0 Å². The Morgan fingerprint density at radius 1 is 1.04 bits per heavy atom. The van der Waals surface area contributed by atoms with Gasteiger partial charge in [-0.05, 0) is 0 Å². The molecule has 2 fully saturated rings. The van der Waals surface area contributed by atoms with Crippen LogP contribution in [0.3, 0.4) is 0 Å². The molecule has 0 saturated carbocycles. The fraction of sp³-hybridized carbons (Fsp3) is 1.00. The highest BCUT2D eigenvalue weighted by Gasteiger charge is 2.53. The second-order valence-corrected chi connectivity index (χ2v) is 5.80. The zero-order valence-electron chi connectivity index (χ0n) is 13.0. The van der Waals surface area contributed by atoms with E-state index in [0.29, 0.717) is 0 Å². The van der Waals surface area contributed by atoms with Crippen molar-refractivity contribution in [2.24, 2.45) is 0 Å². The molecule has 2 aliphatic heterocycles. The first kappa shape index (κ1) is 19.9. The molecule has 0 bridgehead atoms. The average molecular weight is 356 g/mol. The maximum atomic E-state index is 10.3. The molecule has 0 radical (unpaired) electrons. The van der Waals surface area contributed by atoms with E-state index in [2.05, 4.69) is 0 Å². The van der Waals surface area contributed by atoms with Crippen molar-refractivity contribution < 1.29 is 54.7 Å². The van der Waals surface area contributed by atoms with Gasteiger partial charge in [0.25, 0.3) is 0 Å². The predicted octanol–water partition coefficient (Wildman–Crippen LogP) is -4.74. The lowest BCUT2D eigenvalue weighted by Gasteiger charge is -2.47. The van der Waals surface area contributed by atoms with Crippen LogP contribution in [0.15, 0.2) is 0 Å². The molecule has 0 aliphatic carbocycles. The molecule has 142 valence electrons. The molecule has 2 rings (SSSR count). The van der Waals surface area contributed by atoms with Gasteiger partial charge in [-0.25, -0.2) is 0 Å². The summed E-state index contributed by atoms with van der Waals surface area (Å²) in [5.74, 6) is -1.84. The van der Waals surface area contributed by atoms with Crippen LogP contribution in [0.1, 0.15) is 0 Å². The Hall–Kier alpha value is -0.440. The lowest BCUT2D eigenvalue weighted by molar-refractivity contribution is -0.377. The Morgan fingerprint density at radius 2 is 1.71 bits per heavy atom. The molecule has 2 saturated heterocycles. The normalized spacial score (nSPS) is 50.0. The van der Waals surface area contributed by atoms with Crippen molar-refractivity contribution in [2.75, 3.05) is 26.9 Å². The van der Waals surface area contributed by atoms with Crippen LogP contribution in [-0.2, 0) is 18.9 Å². The Balaban J connectivity index is 2.15. The molecule has 0 aromatic heterocycles. The molecule has 9 atom stereocenters. The minimum atomic E-state index is -1.84. The van der Waals surface area contributed by atoms with Crippen molar-refractivity contribution in [1.29, 1.82) is 0 Å². The Bertz CT molecular complexity index is 401. The van der Waals surface area contributed by atoms with Gasteiger partial charge in [0.15, 0.2) is 6.29 Å². The van der Waals surface area contributed by atoms with Crippen LogP contribution in [0, 0.1) is 0 Å². The zero-order valence-corrected chi connectivity index (χ0v) is 13.0. The molecular weight excluding hydrogens is 332 g/mol. The molecule has 2 heterocycles. The number of hydrogen-bond donors (Lipinski definition) is 7. The van der Waals surface area contributed by atoms with Crippen LogP contribution >= 0.6 is 0 Å². The zero-order chi connectivity index (χ0) is 18.1. The maximum Gasteiger partial charge on any atom is 0.221 e. The van der Waals surface area contributed by atoms with Gasteiger partial charge in [0.2, 0.25) is 5.79 Å². The fourth-order valence-electron chi connectivity index (χ4n) is 2.75. The van der Waals surface area contributed by atoms with Gasteiger partial charge in [-0.2, -0.15) is 0 Å². The van der Waals surface area contributed by atoms with Gasteiger partial charge in [-0.15, -0.1) is 0 Å². The molecule has 0 amide bonds. The molecule has 0 aromatic carbocycles. The summed E-state index contributed by atoms with van der Waals surface area (Å²) in [6, 6.07) is 0. The monoisotopic (exact) mass is 356 g/mol. The summed E-state index contributed by atoms with van der Waals surface area (Å²) in [4.78, 5) is 0. The minimum absolute atomic E-state index is 0.340. The van der Waals surface area contributed by atoms with Crippen molar-refractivity contribution >= 4 is 0 Å². The van der Waals surface area contributed by atoms with Gasteiger partial charge in [0, 0.05) is 7.11 Å². The summed E-state index contributed by atoms with van der Waals surface area (Å²) >= 11 is 0. The van der Waals surface area contributed by atoms with E-state index >= 15 is 0 Å². The van der Waals surface area contributed by atoms with Gasteiger partial charge in [0.1, 0.15) is 49.3 Å². The molecular formula is C13H24O11. The molecule has 0 aromatic rings. The van der Waals surface area contributed by atoms with Crippen molar-refractivity contribution in [3.05, 3.63) is 0 Å². The second kappa shape index (κ2) is 7.85. The third-order valence-corrected chi connectivity index (χ3v) is 4.35. The van der Waals surface area contributed by atoms with Crippen molar-refractivity contribution in [3.63, 3.8) is 0 Å². The molecule has 11 heteroatoms. The van der Waals surface area contributed by atoms with E-state index in [1.807, 2.05) is 0 Å². The third-order valence-electron chi connectivity index (χ3n) is 4.35. The standard InChI is InChI=1S/C13H24O11/c1-21-13(4-15)11(20)10(5(16)3-22-13)24-12-9(19)8(18)7(17)6(2-14)23-12/h5-12,14-20H,2-4H2,1H3/t5-,6-,7+,8+,9-,10-,11+,12+,13+/m1/s1. The lowest BCUT2D eigenvalue weighted by Crippen LogP contribution is -2.67. The van der Waals surface area contributed by atoms with Gasteiger partial charge in [-0.1, -0.05) is 0 Å². The van der Waals surface area contributed by atoms with Crippen molar-refractivity contribution in [3.8, 4) is 0 Å². The summed E-state index contributed by atoms with van der Waals surface area (Å²) in [6.45, 7) is -1.72. The number of rotatable bonds is 5. The SMILES string of the molecule is CO[C@@]1(CO)OC[C@@H](O)[C@@H](O[C@@H]2O[C@H](CO)[C@H](O)[C@H](O)[C@H]2O)[C@@H]1O. The number of ether oxygens (including phenoxy) is 4. The highest BCUT2D eigenvalue weighted by molar-refractivity contribution is 4.95. The van der Waals surface area contributed by atoms with E-state index in [9.17, 15) is 30.6 Å². The molecule has 7 N–H and O–H groups in total. The van der Waals surface area contributed by atoms with Crippen LogP contribution in [0.5, 0.6) is 0 Å². The van der Waals surface area contributed by atoms with E-state index in [0.717, 1.165) is 0 Å². The van der Waals surface area contributed by atoms with Crippen LogP contribution in [0.2, 0.25) is 0 Å². The molecule has 0 spiro atoms. The highest BCUT2D eigenvalue weighted by Crippen LogP contribution is 2.31. The Morgan fingerprint density at radius 3 is 2.25 bits per heavy atom. The van der Waals surface area contributed by atoms with E-state index in [4.69, 9.17) is 24.1 Å². The fourth-order valence-corrected chi connectivity index (χ4v) is 2.75. The summed E-state index contributed by atoms with van der Waals surface area (Å²) < 4.78 is 20.6. The van der Waals surface area contributed by atoms with Gasteiger partial charge < -0.3 is 54.7 Å². The quantitative estimate of drug-likeness (QED) is 0.251. The highest BCUT2D eigenvalue weighted by atomic mass is 16.7. The van der Waals surface area contributed by atoms with Crippen LogP contribution in [0.25, 0.3) is 0 Å². The summed E-state index contributed by atoms with van der Waals surface area (Å²) in [6.07, 6.45) is -12.1. The average Bonchev–Trinajstić information content (AvgIpc) is 2.59. The van der Waals surface area contributed by atoms with E-state index in [1.54, 1.807) is 0 Å². The van der Waals surface area contributed by atoms with E-state index < -0.39 is 68.0 Å². The van der Waals surface area contributed by atoms with Crippen molar-refractivity contribution in [2.45, 2.75) is 54.8 Å². The summed E-state index contributed by atoms with van der Waals surface area (Å²) in [5.41, 5.74) is 0. The van der Waals surface area contributed by atoms with Crippen LogP contribution < -0.4 is 0 Å². The number of hydrogen-bond acceptors (Lipinski definition) is 11. The summed E-state index contributed by atoms with van der Waals surface area (Å²) in [5, 5.41) is 68.2. The third kappa shape index (κ3) is 3.43. The van der Waals surface area contributed by atoms with Crippen LogP contribution in [0.4, 0.5) is 0 Å².